The van der Waals surface area contributed by atoms with Crippen LogP contribution >= 0.6 is 0 Å². The second kappa shape index (κ2) is 6.17. The molecule has 2 N–H and O–H groups in total. The third-order valence-electron chi connectivity index (χ3n) is 4.06. The molecule has 1 fully saturated rings. The van der Waals surface area contributed by atoms with Gasteiger partial charge in [0.15, 0.2) is 11.6 Å². The van der Waals surface area contributed by atoms with Crippen molar-refractivity contribution in [3.63, 3.8) is 0 Å². The second-order valence-electron chi connectivity index (χ2n) is 5.48. The van der Waals surface area contributed by atoms with Gasteiger partial charge in [-0.25, -0.2) is 9.37 Å². The highest BCUT2D eigenvalue weighted by Crippen LogP contribution is 2.33. The van der Waals surface area contributed by atoms with Crippen molar-refractivity contribution in [3.8, 4) is 0 Å². The van der Waals surface area contributed by atoms with Gasteiger partial charge in [-0.3, -0.25) is 0 Å². The number of halogens is 1. The zero-order chi connectivity index (χ0) is 13.8. The fourth-order valence-electron chi connectivity index (χ4n) is 2.53. The Kier molecular flexibility index (Phi) is 4.56. The lowest BCUT2D eigenvalue weighted by molar-refractivity contribution is 0.434. The summed E-state index contributed by atoms with van der Waals surface area (Å²) in [6.45, 7) is 7.32. The Balaban J connectivity index is 2.06. The molecule has 19 heavy (non-hydrogen) atoms. The van der Waals surface area contributed by atoms with E-state index < -0.39 is 0 Å². The van der Waals surface area contributed by atoms with Crippen LogP contribution in [-0.4, -0.2) is 22.6 Å². The zero-order valence-corrected chi connectivity index (χ0v) is 11.9. The van der Waals surface area contributed by atoms with Gasteiger partial charge in [-0.1, -0.05) is 20.8 Å². The first-order valence-corrected chi connectivity index (χ1v) is 7.14. The Morgan fingerprint density at radius 1 is 1.37 bits per heavy atom. The van der Waals surface area contributed by atoms with Gasteiger partial charge in [0.25, 0.3) is 0 Å². The third-order valence-corrected chi connectivity index (χ3v) is 4.06. The maximum absolute atomic E-state index is 13.8. The quantitative estimate of drug-likeness (QED) is 0.858. The molecule has 3 atom stereocenters. The largest absolute Gasteiger partial charge is 0.364 e. The van der Waals surface area contributed by atoms with Crippen LogP contribution < -0.4 is 10.6 Å². The molecule has 2 rings (SSSR count). The van der Waals surface area contributed by atoms with Gasteiger partial charge in [-0.05, 0) is 31.1 Å². The van der Waals surface area contributed by atoms with E-state index in [1.54, 1.807) is 0 Å². The number of nitrogens with zero attached hydrogens (tertiary/aromatic N) is 2. The number of nitrogens with one attached hydrogen (secondary N) is 2. The SMILES string of the molecule is CCCNc1ncc(F)c(NC2CCC(C)C2C)n1. The van der Waals surface area contributed by atoms with Crippen molar-refractivity contribution in [1.29, 1.82) is 0 Å². The molecule has 1 aromatic rings. The highest BCUT2D eigenvalue weighted by molar-refractivity contribution is 5.42. The molecule has 0 aromatic carbocycles. The van der Waals surface area contributed by atoms with E-state index in [0.717, 1.165) is 19.4 Å². The Labute approximate surface area is 114 Å². The summed E-state index contributed by atoms with van der Waals surface area (Å²) < 4.78 is 13.8. The minimum absolute atomic E-state index is 0.304. The monoisotopic (exact) mass is 266 g/mol. The molecule has 0 spiro atoms. The molecular formula is C14H23FN4. The van der Waals surface area contributed by atoms with Crippen LogP contribution in [0.5, 0.6) is 0 Å². The van der Waals surface area contributed by atoms with E-state index in [1.165, 1.54) is 12.6 Å². The molecule has 4 nitrogen and oxygen atoms in total. The predicted molar refractivity (Wildman–Crippen MR) is 75.7 cm³/mol. The van der Waals surface area contributed by atoms with Crippen LogP contribution in [0.4, 0.5) is 16.2 Å². The van der Waals surface area contributed by atoms with E-state index in [-0.39, 0.29) is 5.82 Å². The van der Waals surface area contributed by atoms with Crippen LogP contribution in [0.2, 0.25) is 0 Å². The zero-order valence-electron chi connectivity index (χ0n) is 11.9. The molecule has 106 valence electrons. The Morgan fingerprint density at radius 3 is 2.79 bits per heavy atom. The van der Waals surface area contributed by atoms with Crippen LogP contribution in [-0.2, 0) is 0 Å². The molecule has 3 unspecified atom stereocenters. The lowest BCUT2D eigenvalue weighted by atomic mass is 9.98. The van der Waals surface area contributed by atoms with E-state index in [2.05, 4.69) is 41.4 Å². The standard InChI is InChI=1S/C14H23FN4/c1-4-7-16-14-17-8-11(15)13(19-14)18-12-6-5-9(2)10(12)3/h8-10,12H,4-7H2,1-3H3,(H2,16,17,18,19). The van der Waals surface area contributed by atoms with E-state index in [9.17, 15) is 4.39 Å². The van der Waals surface area contributed by atoms with Crippen molar-refractivity contribution in [2.75, 3.05) is 17.2 Å². The van der Waals surface area contributed by atoms with Crippen molar-refractivity contribution in [3.05, 3.63) is 12.0 Å². The van der Waals surface area contributed by atoms with Gasteiger partial charge in [0.2, 0.25) is 5.95 Å². The van der Waals surface area contributed by atoms with Crippen LogP contribution in [0.15, 0.2) is 6.20 Å². The molecule has 1 aliphatic rings. The predicted octanol–water partition coefficient (Wildman–Crippen LogP) is 3.28. The normalized spacial score (nSPS) is 26.4. The average Bonchev–Trinajstić information content (AvgIpc) is 2.71. The molecule has 1 aliphatic carbocycles. The van der Waals surface area contributed by atoms with Crippen molar-refractivity contribution in [2.45, 2.75) is 46.1 Å². The molecule has 1 saturated carbocycles. The minimum Gasteiger partial charge on any atom is -0.364 e. The molecule has 5 heteroatoms. The first-order valence-electron chi connectivity index (χ1n) is 7.14. The molecule has 0 radical (unpaired) electrons. The fraction of sp³-hybridized carbons (Fsp3) is 0.714. The molecular weight excluding hydrogens is 243 g/mol. The molecule has 1 aromatic heterocycles. The number of aromatic nitrogens is 2. The average molecular weight is 266 g/mol. The summed E-state index contributed by atoms with van der Waals surface area (Å²) in [7, 11) is 0. The number of hydrogen-bond donors (Lipinski definition) is 2. The summed E-state index contributed by atoms with van der Waals surface area (Å²) in [5.74, 6) is 1.65. The van der Waals surface area contributed by atoms with Crippen LogP contribution in [0.3, 0.4) is 0 Å². The van der Waals surface area contributed by atoms with Gasteiger partial charge in [-0.2, -0.15) is 4.98 Å². The second-order valence-corrected chi connectivity index (χ2v) is 5.48. The summed E-state index contributed by atoms with van der Waals surface area (Å²) in [4.78, 5) is 8.17. The van der Waals surface area contributed by atoms with E-state index in [4.69, 9.17) is 0 Å². The maximum atomic E-state index is 13.8. The Bertz CT molecular complexity index is 424. The van der Waals surface area contributed by atoms with Gasteiger partial charge in [0, 0.05) is 12.6 Å². The lowest BCUT2D eigenvalue weighted by Crippen LogP contribution is -2.25. The van der Waals surface area contributed by atoms with Gasteiger partial charge in [0.1, 0.15) is 0 Å². The fourth-order valence-corrected chi connectivity index (χ4v) is 2.53. The van der Waals surface area contributed by atoms with Gasteiger partial charge < -0.3 is 10.6 Å². The summed E-state index contributed by atoms with van der Waals surface area (Å²) >= 11 is 0. The maximum Gasteiger partial charge on any atom is 0.224 e. The highest BCUT2D eigenvalue weighted by atomic mass is 19.1. The van der Waals surface area contributed by atoms with Crippen molar-refractivity contribution >= 4 is 11.8 Å². The summed E-state index contributed by atoms with van der Waals surface area (Å²) in [5, 5.41) is 6.32. The van der Waals surface area contributed by atoms with E-state index in [1.807, 2.05) is 0 Å². The summed E-state index contributed by atoms with van der Waals surface area (Å²) in [6, 6.07) is 0.304. The topological polar surface area (TPSA) is 49.8 Å². The highest BCUT2D eigenvalue weighted by Gasteiger charge is 2.30. The minimum atomic E-state index is -0.381. The first kappa shape index (κ1) is 14.0. The number of hydrogen-bond acceptors (Lipinski definition) is 4. The molecule has 0 aliphatic heterocycles. The van der Waals surface area contributed by atoms with Gasteiger partial charge >= 0.3 is 0 Å². The van der Waals surface area contributed by atoms with Crippen LogP contribution in [0, 0.1) is 17.7 Å². The molecule has 1 heterocycles. The molecule has 0 amide bonds. The first-order chi connectivity index (χ1) is 9.11. The summed E-state index contributed by atoms with van der Waals surface area (Å²) in [6.07, 6.45) is 4.48. The molecule has 0 bridgehead atoms. The van der Waals surface area contributed by atoms with Crippen molar-refractivity contribution in [1.82, 2.24) is 9.97 Å². The summed E-state index contributed by atoms with van der Waals surface area (Å²) in [5.41, 5.74) is 0. The van der Waals surface area contributed by atoms with Crippen molar-refractivity contribution in [2.24, 2.45) is 11.8 Å². The van der Waals surface area contributed by atoms with E-state index >= 15 is 0 Å². The number of rotatable bonds is 5. The lowest BCUT2D eigenvalue weighted by Gasteiger charge is -2.20. The van der Waals surface area contributed by atoms with Crippen LogP contribution in [0.1, 0.15) is 40.0 Å². The molecule has 0 saturated heterocycles. The smallest absolute Gasteiger partial charge is 0.224 e. The Hall–Kier alpha value is -1.39. The van der Waals surface area contributed by atoms with Gasteiger partial charge in [0.05, 0.1) is 6.20 Å². The third kappa shape index (κ3) is 3.33. The van der Waals surface area contributed by atoms with Crippen molar-refractivity contribution < 1.29 is 4.39 Å². The van der Waals surface area contributed by atoms with Crippen LogP contribution in [0.25, 0.3) is 0 Å². The Morgan fingerprint density at radius 2 is 2.16 bits per heavy atom. The number of anilines is 2. The van der Waals surface area contributed by atoms with Gasteiger partial charge in [-0.15, -0.1) is 0 Å². The van der Waals surface area contributed by atoms with E-state index in [0.29, 0.717) is 29.6 Å².